The van der Waals surface area contributed by atoms with Gasteiger partial charge in [-0.3, -0.25) is 0 Å². The van der Waals surface area contributed by atoms with Crippen LogP contribution in [0.3, 0.4) is 0 Å². The molecule has 0 N–H and O–H groups in total. The number of halogens is 7. The molecule has 19 heavy (non-hydrogen) atoms. The molecular weight excluding hydrogens is 703 g/mol. The first-order valence-electron chi connectivity index (χ1n) is 4.82. The van der Waals surface area contributed by atoms with Crippen LogP contribution in [0.5, 0.6) is 0 Å². The van der Waals surface area contributed by atoms with Gasteiger partial charge in [0.1, 0.15) is 0 Å². The van der Waals surface area contributed by atoms with Crippen LogP contribution in [0.4, 0.5) is 0 Å². The standard InChI is InChI=1S/C12H3Br7/c13-4-2-1-3-5(14)6(4)7-8(15)10(17)12(19)11(18)9(7)16/h1-3H. The van der Waals surface area contributed by atoms with Crippen molar-refractivity contribution in [3.05, 3.63) is 49.5 Å². The van der Waals surface area contributed by atoms with Crippen LogP contribution >= 0.6 is 112 Å². The largest absolute Gasteiger partial charge is 0.0600 e. The highest BCUT2D eigenvalue weighted by Crippen LogP contribution is 2.51. The van der Waals surface area contributed by atoms with E-state index in [4.69, 9.17) is 0 Å². The molecule has 7 heteroatoms. The Morgan fingerprint density at radius 1 is 0.474 bits per heavy atom. The highest BCUT2D eigenvalue weighted by atomic mass is 79.9. The molecule has 0 unspecified atom stereocenters. The van der Waals surface area contributed by atoms with Crippen LogP contribution in [-0.2, 0) is 0 Å². The van der Waals surface area contributed by atoms with E-state index in [1.165, 1.54) is 0 Å². The number of hydrogen-bond donors (Lipinski definition) is 0. The second kappa shape index (κ2) is 6.92. The van der Waals surface area contributed by atoms with Crippen molar-refractivity contribution in [3.63, 3.8) is 0 Å². The van der Waals surface area contributed by atoms with Crippen LogP contribution < -0.4 is 0 Å². The molecule has 2 aromatic rings. The first-order chi connectivity index (χ1) is 8.86. The lowest BCUT2D eigenvalue weighted by Gasteiger charge is -2.16. The van der Waals surface area contributed by atoms with Gasteiger partial charge in [0, 0.05) is 42.4 Å². The lowest BCUT2D eigenvalue weighted by molar-refractivity contribution is 1.42. The van der Waals surface area contributed by atoms with Crippen molar-refractivity contribution in [1.82, 2.24) is 0 Å². The predicted octanol–water partition coefficient (Wildman–Crippen LogP) is 8.69. The molecule has 0 atom stereocenters. The van der Waals surface area contributed by atoms with E-state index in [9.17, 15) is 0 Å². The molecule has 0 radical (unpaired) electrons. The Morgan fingerprint density at radius 2 is 0.842 bits per heavy atom. The molecule has 0 fully saturated rings. The molecule has 0 saturated carbocycles. The molecule has 2 rings (SSSR count). The minimum Gasteiger partial charge on any atom is -0.0600 e. The van der Waals surface area contributed by atoms with E-state index in [2.05, 4.69) is 112 Å². The van der Waals surface area contributed by atoms with Gasteiger partial charge >= 0.3 is 0 Å². The fourth-order valence-corrected chi connectivity index (χ4v) is 6.40. The summed E-state index contributed by atoms with van der Waals surface area (Å²) in [5, 5.41) is 0. The van der Waals surface area contributed by atoms with Crippen LogP contribution in [0.15, 0.2) is 49.5 Å². The third-order valence-electron chi connectivity index (χ3n) is 2.42. The molecule has 2 aromatic carbocycles. The first-order valence-corrected chi connectivity index (χ1v) is 10.4. The quantitative estimate of drug-likeness (QED) is 0.206. The highest BCUT2D eigenvalue weighted by Gasteiger charge is 2.21. The van der Waals surface area contributed by atoms with Crippen molar-refractivity contribution in [2.45, 2.75) is 0 Å². The van der Waals surface area contributed by atoms with Gasteiger partial charge in [-0.1, -0.05) is 37.9 Å². The van der Waals surface area contributed by atoms with E-state index in [0.29, 0.717) is 0 Å². The molecule has 0 aliphatic carbocycles. The smallest absolute Gasteiger partial charge is 0.0482 e. The van der Waals surface area contributed by atoms with E-state index < -0.39 is 0 Å². The van der Waals surface area contributed by atoms with E-state index in [1.807, 2.05) is 18.2 Å². The van der Waals surface area contributed by atoms with Crippen LogP contribution in [0.25, 0.3) is 11.1 Å². The van der Waals surface area contributed by atoms with Crippen LogP contribution in [0.2, 0.25) is 0 Å². The van der Waals surface area contributed by atoms with Gasteiger partial charge in [0.05, 0.1) is 0 Å². The molecule has 0 aliphatic heterocycles. The van der Waals surface area contributed by atoms with E-state index in [-0.39, 0.29) is 0 Å². The topological polar surface area (TPSA) is 0 Å². The zero-order valence-electron chi connectivity index (χ0n) is 8.88. The SMILES string of the molecule is Brc1cccc(Br)c1-c1c(Br)c(Br)c(Br)c(Br)c1Br. The average molecular weight is 706 g/mol. The van der Waals surface area contributed by atoms with E-state index in [0.717, 1.165) is 42.4 Å². The van der Waals surface area contributed by atoms with Gasteiger partial charge < -0.3 is 0 Å². The molecule has 0 aromatic heterocycles. The fourth-order valence-electron chi connectivity index (χ4n) is 1.56. The van der Waals surface area contributed by atoms with Crippen LogP contribution in [-0.4, -0.2) is 0 Å². The van der Waals surface area contributed by atoms with Gasteiger partial charge in [-0.15, -0.1) is 0 Å². The fraction of sp³-hybridized carbons (Fsp3) is 0. The Balaban J connectivity index is 2.92. The Bertz CT molecular complexity index is 614. The number of rotatable bonds is 1. The maximum atomic E-state index is 3.65. The zero-order valence-corrected chi connectivity index (χ0v) is 20.0. The summed E-state index contributed by atoms with van der Waals surface area (Å²) in [7, 11) is 0. The first kappa shape index (κ1) is 17.2. The third-order valence-corrected chi connectivity index (χ3v) is 9.84. The molecule has 0 aliphatic rings. The van der Waals surface area contributed by atoms with Gasteiger partial charge in [-0.2, -0.15) is 0 Å². The van der Waals surface area contributed by atoms with Gasteiger partial charge in [0.2, 0.25) is 0 Å². The van der Waals surface area contributed by atoms with Gasteiger partial charge in [-0.05, 0) is 91.8 Å². The maximum absolute atomic E-state index is 3.65. The summed E-state index contributed by atoms with van der Waals surface area (Å²) in [6.07, 6.45) is 0. The molecule has 0 nitrogen and oxygen atoms in total. The Labute approximate surface area is 170 Å². The Morgan fingerprint density at radius 3 is 1.26 bits per heavy atom. The van der Waals surface area contributed by atoms with Gasteiger partial charge in [0.15, 0.2) is 0 Å². The Kier molecular flexibility index (Phi) is 6.25. The summed E-state index contributed by atoms with van der Waals surface area (Å²) in [6.45, 7) is 0. The van der Waals surface area contributed by atoms with Crippen LogP contribution in [0.1, 0.15) is 0 Å². The highest BCUT2D eigenvalue weighted by molar-refractivity contribution is 9.16. The van der Waals surface area contributed by atoms with E-state index in [1.54, 1.807) is 0 Å². The van der Waals surface area contributed by atoms with Crippen molar-refractivity contribution in [2.24, 2.45) is 0 Å². The summed E-state index contributed by atoms with van der Waals surface area (Å²) >= 11 is 25.2. The Hall–Kier alpha value is 1.80. The summed E-state index contributed by atoms with van der Waals surface area (Å²) < 4.78 is 6.86. The lowest BCUT2D eigenvalue weighted by Crippen LogP contribution is -1.90. The maximum Gasteiger partial charge on any atom is 0.0482 e. The lowest BCUT2D eigenvalue weighted by atomic mass is 10.1. The monoisotopic (exact) mass is 699 g/mol. The molecule has 0 saturated heterocycles. The predicted molar refractivity (Wildman–Crippen MR) is 106 cm³/mol. The summed E-state index contributed by atoms with van der Waals surface area (Å²) in [5.74, 6) is 0. The zero-order chi connectivity index (χ0) is 14.3. The van der Waals surface area contributed by atoms with Crippen molar-refractivity contribution in [3.8, 4) is 11.1 Å². The average Bonchev–Trinajstić information content (AvgIpc) is 2.37. The minimum atomic E-state index is 0.957. The van der Waals surface area contributed by atoms with E-state index >= 15 is 0 Å². The third kappa shape index (κ3) is 3.27. The molecule has 0 spiro atoms. The summed E-state index contributed by atoms with van der Waals surface area (Å²) in [6, 6.07) is 6.02. The summed E-state index contributed by atoms with van der Waals surface area (Å²) in [4.78, 5) is 0. The van der Waals surface area contributed by atoms with Gasteiger partial charge in [0.25, 0.3) is 0 Å². The minimum absolute atomic E-state index is 0.957. The number of hydrogen-bond acceptors (Lipinski definition) is 0. The molecule has 100 valence electrons. The summed E-state index contributed by atoms with van der Waals surface area (Å²) in [5.41, 5.74) is 2.14. The molecule has 0 amide bonds. The second-order valence-corrected chi connectivity index (χ2v) is 9.22. The molecule has 0 heterocycles. The van der Waals surface area contributed by atoms with Crippen molar-refractivity contribution in [2.75, 3.05) is 0 Å². The van der Waals surface area contributed by atoms with Crippen molar-refractivity contribution < 1.29 is 0 Å². The van der Waals surface area contributed by atoms with Crippen molar-refractivity contribution in [1.29, 1.82) is 0 Å². The number of benzene rings is 2. The normalized spacial score (nSPS) is 10.9. The van der Waals surface area contributed by atoms with Crippen molar-refractivity contribution >= 4 is 112 Å². The second-order valence-electron chi connectivity index (χ2n) is 3.54. The molecule has 0 bridgehead atoms. The van der Waals surface area contributed by atoms with Gasteiger partial charge in [-0.25, -0.2) is 0 Å². The molecular formula is C12H3Br7. The van der Waals surface area contributed by atoms with Crippen LogP contribution in [0, 0.1) is 0 Å².